The summed E-state index contributed by atoms with van der Waals surface area (Å²) in [4.78, 5) is 23.5. The molecule has 4 rings (SSSR count). The van der Waals surface area contributed by atoms with Crippen LogP contribution in [0.3, 0.4) is 0 Å². The summed E-state index contributed by atoms with van der Waals surface area (Å²) in [6.45, 7) is 2.15. The van der Waals surface area contributed by atoms with Crippen molar-refractivity contribution in [1.29, 1.82) is 0 Å². The van der Waals surface area contributed by atoms with E-state index < -0.39 is 23.4 Å². The van der Waals surface area contributed by atoms with E-state index in [9.17, 15) is 22.8 Å². The van der Waals surface area contributed by atoms with Crippen molar-refractivity contribution < 1.29 is 27.5 Å². The third kappa shape index (κ3) is 4.19. The van der Waals surface area contributed by atoms with Crippen LogP contribution in [0.5, 0.6) is 5.75 Å². The van der Waals surface area contributed by atoms with Gasteiger partial charge in [0, 0.05) is 16.7 Å². The fourth-order valence-electron chi connectivity index (χ4n) is 6.07. The van der Waals surface area contributed by atoms with Gasteiger partial charge in [-0.1, -0.05) is 28.9 Å². The number of ketones is 1. The first-order chi connectivity index (χ1) is 14.1. The first-order valence-electron chi connectivity index (χ1n) is 10.6. The summed E-state index contributed by atoms with van der Waals surface area (Å²) in [5.41, 5.74) is 2.28. The molecule has 30 heavy (non-hydrogen) atoms. The van der Waals surface area contributed by atoms with Crippen molar-refractivity contribution in [2.24, 2.45) is 17.3 Å². The van der Waals surface area contributed by atoms with Crippen molar-refractivity contribution in [3.63, 3.8) is 0 Å². The topological polar surface area (TPSA) is 43.4 Å². The van der Waals surface area contributed by atoms with E-state index in [1.165, 1.54) is 5.56 Å². The van der Waals surface area contributed by atoms with Crippen molar-refractivity contribution in [2.45, 2.75) is 75.2 Å². The lowest BCUT2D eigenvalue weighted by molar-refractivity contribution is -0.140. The van der Waals surface area contributed by atoms with E-state index >= 15 is 0 Å². The number of hydrogen-bond donors (Lipinski definition) is 0. The Kier molecular flexibility index (Phi) is 5.79. The van der Waals surface area contributed by atoms with Gasteiger partial charge >= 0.3 is 12.1 Å². The Balaban J connectivity index is 1.43. The maximum atomic E-state index is 12.4. The summed E-state index contributed by atoms with van der Waals surface area (Å²) in [7, 11) is 0. The van der Waals surface area contributed by atoms with Gasteiger partial charge in [-0.05, 0) is 73.1 Å². The number of benzene rings is 1. The minimum absolute atomic E-state index is 0.156. The Morgan fingerprint density at radius 1 is 1.27 bits per heavy atom. The van der Waals surface area contributed by atoms with E-state index in [1.807, 2.05) is 12.1 Å². The summed E-state index contributed by atoms with van der Waals surface area (Å²) in [5.74, 6) is 1.55. The third-order valence-corrected chi connectivity index (χ3v) is 8.13. The van der Waals surface area contributed by atoms with E-state index in [1.54, 1.807) is 6.07 Å². The fraction of sp³-hybridized carbons (Fsp3) is 0.652. The molecule has 1 unspecified atom stereocenters. The second-order valence-electron chi connectivity index (χ2n) is 9.29. The molecule has 3 nitrogen and oxygen atoms in total. The van der Waals surface area contributed by atoms with E-state index in [4.69, 9.17) is 4.74 Å². The van der Waals surface area contributed by atoms with E-state index in [-0.39, 0.29) is 11.8 Å². The van der Waals surface area contributed by atoms with Gasteiger partial charge in [0.2, 0.25) is 0 Å². The van der Waals surface area contributed by atoms with Gasteiger partial charge in [0.25, 0.3) is 0 Å². The molecule has 5 atom stereocenters. The second-order valence-corrected chi connectivity index (χ2v) is 10.6. The maximum Gasteiger partial charge on any atom is 0.390 e. The lowest BCUT2D eigenvalue weighted by Gasteiger charge is -2.48. The molecule has 1 aromatic rings. The molecular weight excluding hydrogens is 461 g/mol. The van der Waals surface area contributed by atoms with Gasteiger partial charge in [0.15, 0.2) is 0 Å². The number of carbonyl (C=O) groups is 2. The molecule has 2 fully saturated rings. The average molecular weight is 487 g/mol. The molecular formula is C23H26BrF3O3. The number of esters is 1. The van der Waals surface area contributed by atoms with Crippen LogP contribution in [0.1, 0.15) is 68.9 Å². The van der Waals surface area contributed by atoms with Crippen LogP contribution in [0.25, 0.3) is 0 Å². The zero-order valence-electron chi connectivity index (χ0n) is 16.9. The van der Waals surface area contributed by atoms with Gasteiger partial charge in [-0.25, -0.2) is 0 Å². The van der Waals surface area contributed by atoms with Crippen LogP contribution in [0, 0.1) is 17.3 Å². The molecule has 3 aliphatic carbocycles. The van der Waals surface area contributed by atoms with Crippen molar-refractivity contribution >= 4 is 27.7 Å². The lowest BCUT2D eigenvalue weighted by Crippen LogP contribution is -2.42. The predicted molar refractivity (Wildman–Crippen MR) is 110 cm³/mol. The van der Waals surface area contributed by atoms with Gasteiger partial charge in [0.1, 0.15) is 11.5 Å². The fourth-order valence-corrected chi connectivity index (χ4v) is 6.70. The minimum Gasteiger partial charge on any atom is -0.426 e. The van der Waals surface area contributed by atoms with Crippen LogP contribution in [0.4, 0.5) is 13.2 Å². The summed E-state index contributed by atoms with van der Waals surface area (Å²) < 4.78 is 42.6. The first-order valence-corrected chi connectivity index (χ1v) is 11.6. The monoisotopic (exact) mass is 486 g/mol. The molecule has 0 radical (unpaired) electrons. The van der Waals surface area contributed by atoms with Crippen LogP contribution < -0.4 is 4.74 Å². The molecule has 7 heteroatoms. The van der Waals surface area contributed by atoms with Gasteiger partial charge in [-0.2, -0.15) is 13.2 Å². The average Bonchev–Trinajstić information content (AvgIpc) is 2.94. The smallest absolute Gasteiger partial charge is 0.390 e. The molecule has 1 aromatic carbocycles. The van der Waals surface area contributed by atoms with Crippen LogP contribution in [-0.4, -0.2) is 22.8 Å². The second kappa shape index (κ2) is 7.95. The molecule has 2 saturated carbocycles. The molecule has 164 valence electrons. The molecule has 0 aliphatic heterocycles. The Morgan fingerprint density at radius 3 is 2.77 bits per heavy atom. The number of hydrogen-bond acceptors (Lipinski definition) is 3. The first kappa shape index (κ1) is 21.8. The van der Waals surface area contributed by atoms with Crippen LogP contribution in [0.2, 0.25) is 0 Å². The van der Waals surface area contributed by atoms with Gasteiger partial charge in [0.05, 0.1) is 12.8 Å². The molecule has 0 spiro atoms. The van der Waals surface area contributed by atoms with E-state index in [2.05, 4.69) is 22.9 Å². The molecule has 0 amide bonds. The van der Waals surface area contributed by atoms with Gasteiger partial charge in [-0.3, -0.25) is 9.59 Å². The van der Waals surface area contributed by atoms with Crippen molar-refractivity contribution in [1.82, 2.24) is 0 Å². The van der Waals surface area contributed by atoms with E-state index in [0.717, 1.165) is 37.7 Å². The van der Waals surface area contributed by atoms with Crippen molar-refractivity contribution in [2.75, 3.05) is 0 Å². The molecule has 0 aromatic heterocycles. The van der Waals surface area contributed by atoms with Crippen LogP contribution in [-0.2, 0) is 16.0 Å². The standard InChI is InChI=1S/C23H26BrF3O3/c1-22-9-8-17-16-5-3-15(30-21(29)11-14(24)12-23(25,26)27)10-13(16)2-4-18(17)19(22)6-7-20(22)28/h3,5,10,14,17-19H,2,4,6-9,11-12H2,1H3/t14?,17-,18-,19+,22+/m1/s1. The number of halogens is 4. The number of carbonyl (C=O) groups excluding carboxylic acids is 2. The van der Waals surface area contributed by atoms with Gasteiger partial charge in [-0.15, -0.1) is 0 Å². The highest BCUT2D eigenvalue weighted by molar-refractivity contribution is 9.09. The Labute approximate surface area is 182 Å². The van der Waals surface area contributed by atoms with Gasteiger partial charge < -0.3 is 4.74 Å². The number of aryl methyl sites for hydroxylation is 1. The summed E-state index contributed by atoms with van der Waals surface area (Å²) in [6.07, 6.45) is -0.208. The lowest BCUT2D eigenvalue weighted by atomic mass is 9.55. The predicted octanol–water partition coefficient (Wildman–Crippen LogP) is 6.12. The Morgan fingerprint density at radius 2 is 2.03 bits per heavy atom. The number of alkyl halides is 4. The highest BCUT2D eigenvalue weighted by atomic mass is 79.9. The van der Waals surface area contributed by atoms with Crippen LogP contribution >= 0.6 is 15.9 Å². The Bertz CT molecular complexity index is 853. The van der Waals surface area contributed by atoms with Crippen molar-refractivity contribution in [3.05, 3.63) is 29.3 Å². The van der Waals surface area contributed by atoms with E-state index in [0.29, 0.717) is 35.7 Å². The SMILES string of the molecule is C[C@]12CC[C@@H]3c4ccc(OC(=O)CC(Br)CC(F)(F)F)cc4CC[C@H]3[C@@H]1CCC2=O. The normalized spacial score (nSPS) is 31.5. The molecule has 0 heterocycles. The summed E-state index contributed by atoms with van der Waals surface area (Å²) in [6, 6.07) is 5.62. The third-order valence-electron chi connectivity index (χ3n) is 7.48. The molecule has 0 bridgehead atoms. The molecule has 3 aliphatic rings. The highest BCUT2D eigenvalue weighted by Gasteiger charge is 2.54. The zero-order chi connectivity index (χ0) is 21.7. The largest absolute Gasteiger partial charge is 0.426 e. The molecule has 0 N–H and O–H groups in total. The minimum atomic E-state index is -4.32. The number of fused-ring (bicyclic) bond motifs is 5. The van der Waals surface area contributed by atoms with Crippen LogP contribution in [0.15, 0.2) is 18.2 Å². The summed E-state index contributed by atoms with van der Waals surface area (Å²) in [5, 5.41) is 0. The number of ether oxygens (including phenoxy) is 1. The number of Topliss-reactive ketones (excluding diaryl/α,β-unsaturated/α-hetero) is 1. The highest BCUT2D eigenvalue weighted by Crippen LogP contribution is 2.59. The quantitative estimate of drug-likeness (QED) is 0.292. The molecule has 0 saturated heterocycles. The Hall–Kier alpha value is -1.37. The van der Waals surface area contributed by atoms with Crippen molar-refractivity contribution in [3.8, 4) is 5.75 Å². The summed E-state index contributed by atoms with van der Waals surface area (Å²) >= 11 is 2.91. The maximum absolute atomic E-state index is 12.4. The zero-order valence-corrected chi connectivity index (χ0v) is 18.5. The number of rotatable bonds is 4.